The summed E-state index contributed by atoms with van der Waals surface area (Å²) in [4.78, 5) is 0. The van der Waals surface area contributed by atoms with Crippen LogP contribution < -0.4 is 14.9 Å². The lowest BCUT2D eigenvalue weighted by atomic mass is 10.2. The second-order valence-electron chi connectivity index (χ2n) is 6.37. The molecule has 0 aliphatic carbocycles. The van der Waals surface area contributed by atoms with Gasteiger partial charge in [-0.2, -0.15) is 5.10 Å². The summed E-state index contributed by atoms with van der Waals surface area (Å²) < 4.78 is 11.6. The Bertz CT molecular complexity index is 1030. The zero-order valence-corrected chi connectivity index (χ0v) is 18.6. The van der Waals surface area contributed by atoms with Gasteiger partial charge in [-0.05, 0) is 53.9 Å². The average molecular weight is 464 g/mol. The van der Waals surface area contributed by atoms with E-state index in [0.717, 1.165) is 16.7 Å². The van der Waals surface area contributed by atoms with E-state index in [0.29, 0.717) is 46.3 Å². The molecule has 0 radical (unpaired) electrons. The van der Waals surface area contributed by atoms with Crippen LogP contribution in [0.1, 0.15) is 23.6 Å². The molecule has 0 amide bonds. The molecule has 7 heteroatoms. The third-order valence-electron chi connectivity index (χ3n) is 4.14. The molecule has 4 nitrogen and oxygen atoms in total. The van der Waals surface area contributed by atoms with Crippen molar-refractivity contribution in [1.82, 2.24) is 5.43 Å². The van der Waals surface area contributed by atoms with Crippen molar-refractivity contribution < 1.29 is 9.47 Å². The van der Waals surface area contributed by atoms with Gasteiger partial charge in [-0.15, -0.1) is 0 Å². The van der Waals surface area contributed by atoms with Gasteiger partial charge < -0.3 is 14.9 Å². The fourth-order valence-electron chi connectivity index (χ4n) is 2.74. The zero-order valence-electron chi connectivity index (χ0n) is 16.4. The van der Waals surface area contributed by atoms with Gasteiger partial charge in [0.1, 0.15) is 6.61 Å². The maximum atomic E-state index is 6.47. The first-order valence-electron chi connectivity index (χ1n) is 9.39. The summed E-state index contributed by atoms with van der Waals surface area (Å²) in [5.74, 6) is 1.04. The van der Waals surface area contributed by atoms with E-state index < -0.39 is 0 Å². The number of ether oxygens (including phenoxy) is 2. The third-order valence-corrected chi connectivity index (χ3v) is 5.02. The summed E-state index contributed by atoms with van der Waals surface area (Å²) in [6.07, 6.45) is 1.67. The first kappa shape index (κ1) is 22.3. The lowest BCUT2D eigenvalue weighted by Crippen LogP contribution is -2.06. The number of nitrogens with zero attached hydrogens (tertiary/aromatic N) is 1. The quantitative estimate of drug-likeness (QED) is 0.282. The van der Waals surface area contributed by atoms with Gasteiger partial charge in [0.2, 0.25) is 0 Å². The number of hydrogen-bond acceptors (Lipinski definition) is 4. The van der Waals surface area contributed by atoms with Gasteiger partial charge in [0.25, 0.3) is 0 Å². The van der Waals surface area contributed by atoms with E-state index in [1.807, 2.05) is 61.5 Å². The molecule has 156 valence electrons. The smallest absolute Gasteiger partial charge is 0.180 e. The van der Waals surface area contributed by atoms with Crippen LogP contribution in [0.5, 0.6) is 11.5 Å². The Morgan fingerprint density at radius 3 is 2.53 bits per heavy atom. The predicted molar refractivity (Wildman–Crippen MR) is 124 cm³/mol. The molecule has 3 aromatic rings. The van der Waals surface area contributed by atoms with Crippen molar-refractivity contribution in [3.8, 4) is 11.5 Å². The fraction of sp³-hybridized carbons (Fsp3) is 0.174. The summed E-state index contributed by atoms with van der Waals surface area (Å²) in [5, 5.41) is 6.04. The highest BCUT2D eigenvalue weighted by Gasteiger charge is 2.12. The molecular weight excluding hydrogens is 443 g/mol. The van der Waals surface area contributed by atoms with Crippen LogP contribution in [0.15, 0.2) is 65.8 Å². The molecule has 0 unspecified atom stereocenters. The van der Waals surface area contributed by atoms with Crippen LogP contribution in [-0.2, 0) is 13.2 Å². The van der Waals surface area contributed by atoms with Crippen LogP contribution in [0.3, 0.4) is 0 Å². The largest absolute Gasteiger partial charge is 0.490 e. The highest BCUT2D eigenvalue weighted by atomic mass is 35.5. The molecule has 0 bridgehead atoms. The Labute approximate surface area is 191 Å². The van der Waals surface area contributed by atoms with Gasteiger partial charge in [0.15, 0.2) is 11.5 Å². The molecule has 30 heavy (non-hydrogen) atoms. The highest BCUT2D eigenvalue weighted by molar-refractivity contribution is 6.32. The summed E-state index contributed by atoms with van der Waals surface area (Å²) in [6, 6.07) is 18.7. The van der Waals surface area contributed by atoms with Gasteiger partial charge in [-0.3, -0.25) is 0 Å². The second-order valence-corrected chi connectivity index (χ2v) is 7.62. The molecule has 3 aromatic carbocycles. The van der Waals surface area contributed by atoms with Crippen LogP contribution in [0.2, 0.25) is 15.1 Å². The Morgan fingerprint density at radius 1 is 0.933 bits per heavy atom. The van der Waals surface area contributed by atoms with Crippen LogP contribution in [0, 0.1) is 0 Å². The molecule has 0 saturated carbocycles. The van der Waals surface area contributed by atoms with E-state index in [-0.39, 0.29) is 0 Å². The molecule has 1 N–H and O–H groups in total. The topological polar surface area (TPSA) is 42.8 Å². The molecular formula is C23H21Cl3N2O2. The third kappa shape index (κ3) is 6.30. The van der Waals surface area contributed by atoms with Gasteiger partial charge >= 0.3 is 0 Å². The van der Waals surface area contributed by atoms with Crippen molar-refractivity contribution >= 4 is 41.0 Å². The standard InChI is InChI=1S/C23H21Cl3N2O2/c1-2-29-22-12-17(13-27-28-14-18-7-3-4-9-20(18)25)11-21(26)23(22)30-15-16-6-5-8-19(24)10-16/h3-13,28H,2,14-15H2,1H3/b27-13-. The molecule has 0 saturated heterocycles. The zero-order chi connectivity index (χ0) is 21.3. The van der Waals surface area contributed by atoms with Crippen molar-refractivity contribution in [2.24, 2.45) is 5.10 Å². The van der Waals surface area contributed by atoms with Crippen molar-refractivity contribution in [1.29, 1.82) is 0 Å². The molecule has 0 spiro atoms. The Morgan fingerprint density at radius 2 is 1.77 bits per heavy atom. The minimum atomic E-state index is 0.327. The van der Waals surface area contributed by atoms with Crippen LogP contribution in [-0.4, -0.2) is 12.8 Å². The van der Waals surface area contributed by atoms with Crippen LogP contribution >= 0.6 is 34.8 Å². The monoisotopic (exact) mass is 462 g/mol. The van der Waals surface area contributed by atoms with E-state index in [1.165, 1.54) is 0 Å². The summed E-state index contributed by atoms with van der Waals surface area (Å²) in [7, 11) is 0. The Kier molecular flexibility index (Phi) is 8.26. The van der Waals surface area contributed by atoms with Crippen LogP contribution in [0.25, 0.3) is 0 Å². The lowest BCUT2D eigenvalue weighted by Gasteiger charge is -2.14. The Hall–Kier alpha value is -2.40. The highest BCUT2D eigenvalue weighted by Crippen LogP contribution is 2.37. The summed E-state index contributed by atoms with van der Waals surface area (Å²) >= 11 is 18.6. The minimum absolute atomic E-state index is 0.327. The maximum absolute atomic E-state index is 6.47. The molecule has 3 rings (SSSR count). The van der Waals surface area contributed by atoms with E-state index >= 15 is 0 Å². The summed E-state index contributed by atoms with van der Waals surface area (Å²) in [6.45, 7) is 3.23. The number of halogens is 3. The van der Waals surface area contributed by atoms with Gasteiger partial charge in [-0.1, -0.05) is 65.1 Å². The Balaban J connectivity index is 1.69. The number of nitrogens with one attached hydrogen (secondary N) is 1. The van der Waals surface area contributed by atoms with E-state index in [9.17, 15) is 0 Å². The molecule has 0 aromatic heterocycles. The molecule has 0 aliphatic rings. The van der Waals surface area contributed by atoms with E-state index in [4.69, 9.17) is 44.3 Å². The molecule has 0 atom stereocenters. The number of hydrogen-bond donors (Lipinski definition) is 1. The van der Waals surface area contributed by atoms with Gasteiger partial charge in [-0.25, -0.2) is 0 Å². The summed E-state index contributed by atoms with van der Waals surface area (Å²) in [5.41, 5.74) is 5.68. The van der Waals surface area contributed by atoms with E-state index in [1.54, 1.807) is 12.3 Å². The average Bonchev–Trinajstić information content (AvgIpc) is 2.72. The fourth-order valence-corrected chi connectivity index (χ4v) is 3.43. The first-order valence-corrected chi connectivity index (χ1v) is 10.5. The predicted octanol–water partition coefficient (Wildman–Crippen LogP) is 6.75. The normalized spacial score (nSPS) is 10.9. The maximum Gasteiger partial charge on any atom is 0.180 e. The van der Waals surface area contributed by atoms with E-state index in [2.05, 4.69) is 10.5 Å². The van der Waals surface area contributed by atoms with Gasteiger partial charge in [0.05, 0.1) is 24.4 Å². The second kappa shape index (κ2) is 11.1. The minimum Gasteiger partial charge on any atom is -0.490 e. The number of hydrazone groups is 1. The molecule has 0 heterocycles. The van der Waals surface area contributed by atoms with Gasteiger partial charge in [0, 0.05) is 10.0 Å². The SMILES string of the molecule is CCOc1cc(/C=N\NCc2ccccc2Cl)cc(Cl)c1OCc1cccc(Cl)c1. The van der Waals surface area contributed by atoms with Crippen molar-refractivity contribution in [3.05, 3.63) is 92.4 Å². The van der Waals surface area contributed by atoms with Crippen molar-refractivity contribution in [3.63, 3.8) is 0 Å². The van der Waals surface area contributed by atoms with Crippen molar-refractivity contribution in [2.75, 3.05) is 6.61 Å². The first-order chi connectivity index (χ1) is 14.6. The number of rotatable bonds is 9. The number of benzene rings is 3. The lowest BCUT2D eigenvalue weighted by molar-refractivity contribution is 0.269. The molecule has 0 aliphatic heterocycles. The molecule has 0 fully saturated rings. The van der Waals surface area contributed by atoms with Crippen LogP contribution in [0.4, 0.5) is 0 Å². The van der Waals surface area contributed by atoms with Crippen molar-refractivity contribution in [2.45, 2.75) is 20.1 Å².